The Hall–Kier alpha value is -0.260. The standard InChI is InChI=1S/C13H22/c1-10(2)12-5-7-13(9-12,8-6-12)11(3)4/h5,7,10-11H,6,8-9H2,1-4H3. The zero-order valence-corrected chi connectivity index (χ0v) is 9.43. The maximum atomic E-state index is 2.53. The number of rotatable bonds is 2. The van der Waals surface area contributed by atoms with Gasteiger partial charge in [0.15, 0.2) is 0 Å². The minimum atomic E-state index is 0.574. The van der Waals surface area contributed by atoms with Gasteiger partial charge >= 0.3 is 0 Å². The molecule has 0 N–H and O–H groups in total. The van der Waals surface area contributed by atoms with Crippen molar-refractivity contribution in [2.45, 2.75) is 47.0 Å². The lowest BCUT2D eigenvalue weighted by atomic mass is 9.75. The van der Waals surface area contributed by atoms with Crippen LogP contribution in [0.2, 0.25) is 0 Å². The molecule has 0 heterocycles. The Kier molecular flexibility index (Phi) is 1.87. The Morgan fingerprint density at radius 2 is 1.23 bits per heavy atom. The average Bonchev–Trinajstić information content (AvgIpc) is 2.61. The number of fused-ring (bicyclic) bond motifs is 2. The molecule has 0 aromatic heterocycles. The topological polar surface area (TPSA) is 0 Å². The summed E-state index contributed by atoms with van der Waals surface area (Å²) in [6.45, 7) is 9.52. The van der Waals surface area contributed by atoms with Gasteiger partial charge in [-0.05, 0) is 41.9 Å². The van der Waals surface area contributed by atoms with Crippen LogP contribution in [0.4, 0.5) is 0 Å². The van der Waals surface area contributed by atoms with Crippen LogP contribution in [0.3, 0.4) is 0 Å². The number of hydrogen-bond donors (Lipinski definition) is 0. The van der Waals surface area contributed by atoms with Gasteiger partial charge in [-0.15, -0.1) is 0 Å². The first kappa shape index (κ1) is 9.30. The van der Waals surface area contributed by atoms with Gasteiger partial charge in [0, 0.05) is 0 Å². The minimum Gasteiger partial charge on any atom is -0.0815 e. The molecule has 0 aromatic rings. The van der Waals surface area contributed by atoms with Gasteiger partial charge in [0.25, 0.3) is 0 Å². The van der Waals surface area contributed by atoms with Crippen LogP contribution < -0.4 is 0 Å². The molecule has 1 saturated carbocycles. The Morgan fingerprint density at radius 1 is 0.846 bits per heavy atom. The Bertz CT molecular complexity index is 212. The van der Waals surface area contributed by atoms with Gasteiger partial charge < -0.3 is 0 Å². The summed E-state index contributed by atoms with van der Waals surface area (Å²) in [7, 11) is 0. The molecule has 2 atom stereocenters. The molecule has 0 aromatic carbocycles. The summed E-state index contributed by atoms with van der Waals surface area (Å²) in [5.41, 5.74) is 1.15. The molecule has 0 saturated heterocycles. The van der Waals surface area contributed by atoms with Crippen molar-refractivity contribution in [3.8, 4) is 0 Å². The van der Waals surface area contributed by atoms with E-state index in [0.717, 1.165) is 11.8 Å². The first-order valence-corrected chi connectivity index (χ1v) is 5.71. The molecule has 2 bridgehead atoms. The predicted molar refractivity (Wildman–Crippen MR) is 57.5 cm³/mol. The molecule has 2 aliphatic rings. The first-order valence-electron chi connectivity index (χ1n) is 5.71. The van der Waals surface area contributed by atoms with Gasteiger partial charge in [0.05, 0.1) is 0 Å². The molecular weight excluding hydrogens is 156 g/mol. The predicted octanol–water partition coefficient (Wildman–Crippen LogP) is 4.02. The average molecular weight is 178 g/mol. The van der Waals surface area contributed by atoms with E-state index in [0.29, 0.717) is 10.8 Å². The fourth-order valence-corrected chi connectivity index (χ4v) is 3.24. The van der Waals surface area contributed by atoms with E-state index in [-0.39, 0.29) is 0 Å². The lowest BCUT2D eigenvalue weighted by Crippen LogP contribution is -2.21. The Morgan fingerprint density at radius 3 is 1.38 bits per heavy atom. The zero-order valence-electron chi connectivity index (χ0n) is 9.43. The molecule has 2 unspecified atom stereocenters. The number of hydrogen-bond acceptors (Lipinski definition) is 0. The van der Waals surface area contributed by atoms with Gasteiger partial charge in [0.1, 0.15) is 0 Å². The van der Waals surface area contributed by atoms with Gasteiger partial charge in [-0.1, -0.05) is 39.8 Å². The molecular formula is C13H22. The van der Waals surface area contributed by atoms with Crippen LogP contribution in [0.15, 0.2) is 12.2 Å². The van der Waals surface area contributed by atoms with Crippen LogP contribution in [-0.2, 0) is 0 Å². The van der Waals surface area contributed by atoms with Crippen molar-refractivity contribution in [3.05, 3.63) is 12.2 Å². The van der Waals surface area contributed by atoms with E-state index < -0.39 is 0 Å². The van der Waals surface area contributed by atoms with Crippen LogP contribution >= 0.6 is 0 Å². The molecule has 74 valence electrons. The summed E-state index contributed by atoms with van der Waals surface area (Å²) < 4.78 is 0. The normalized spacial score (nSPS) is 42.6. The molecule has 0 spiro atoms. The van der Waals surface area contributed by atoms with E-state index >= 15 is 0 Å². The Balaban J connectivity index is 2.26. The summed E-state index contributed by atoms with van der Waals surface area (Å²) in [4.78, 5) is 0. The van der Waals surface area contributed by atoms with E-state index in [1.165, 1.54) is 19.3 Å². The summed E-state index contributed by atoms with van der Waals surface area (Å²) in [5, 5.41) is 0. The fourth-order valence-electron chi connectivity index (χ4n) is 3.24. The van der Waals surface area contributed by atoms with Crippen molar-refractivity contribution in [2.24, 2.45) is 22.7 Å². The molecule has 2 aliphatic carbocycles. The molecule has 0 radical (unpaired) electrons. The van der Waals surface area contributed by atoms with Crippen molar-refractivity contribution in [1.29, 1.82) is 0 Å². The third-order valence-corrected chi connectivity index (χ3v) is 4.76. The molecule has 0 amide bonds. The van der Waals surface area contributed by atoms with Crippen molar-refractivity contribution in [3.63, 3.8) is 0 Å². The maximum Gasteiger partial charge on any atom is -0.00864 e. The molecule has 0 heteroatoms. The Labute approximate surface area is 82.4 Å². The molecule has 13 heavy (non-hydrogen) atoms. The van der Waals surface area contributed by atoms with Crippen LogP contribution in [-0.4, -0.2) is 0 Å². The van der Waals surface area contributed by atoms with Gasteiger partial charge in [-0.2, -0.15) is 0 Å². The van der Waals surface area contributed by atoms with Crippen molar-refractivity contribution >= 4 is 0 Å². The van der Waals surface area contributed by atoms with E-state index in [9.17, 15) is 0 Å². The molecule has 0 nitrogen and oxygen atoms in total. The molecule has 2 rings (SSSR count). The zero-order chi connectivity index (χ0) is 9.69. The quantitative estimate of drug-likeness (QED) is 0.560. The van der Waals surface area contributed by atoms with Crippen molar-refractivity contribution < 1.29 is 0 Å². The summed E-state index contributed by atoms with van der Waals surface area (Å²) >= 11 is 0. The summed E-state index contributed by atoms with van der Waals surface area (Å²) in [6.07, 6.45) is 9.34. The third kappa shape index (κ3) is 1.11. The van der Waals surface area contributed by atoms with Gasteiger partial charge in [0.2, 0.25) is 0 Å². The van der Waals surface area contributed by atoms with Crippen molar-refractivity contribution in [1.82, 2.24) is 0 Å². The second-order valence-corrected chi connectivity index (χ2v) is 5.79. The number of allylic oxidation sites excluding steroid dienone is 2. The highest BCUT2D eigenvalue weighted by molar-refractivity contribution is 5.23. The first-order chi connectivity index (χ1) is 6.01. The maximum absolute atomic E-state index is 2.53. The summed E-state index contributed by atoms with van der Waals surface area (Å²) in [5.74, 6) is 1.65. The van der Waals surface area contributed by atoms with E-state index in [4.69, 9.17) is 0 Å². The van der Waals surface area contributed by atoms with Crippen LogP contribution in [0.25, 0.3) is 0 Å². The smallest absolute Gasteiger partial charge is 0.00864 e. The molecule has 1 fully saturated rings. The largest absolute Gasteiger partial charge is 0.0815 e. The summed E-state index contributed by atoms with van der Waals surface area (Å²) in [6, 6.07) is 0. The van der Waals surface area contributed by atoms with Crippen LogP contribution in [0, 0.1) is 22.7 Å². The van der Waals surface area contributed by atoms with Gasteiger partial charge in [-0.3, -0.25) is 0 Å². The highest BCUT2D eigenvalue weighted by Gasteiger charge is 2.52. The monoisotopic (exact) mass is 178 g/mol. The minimum absolute atomic E-state index is 0.574. The van der Waals surface area contributed by atoms with Crippen LogP contribution in [0.5, 0.6) is 0 Å². The lowest BCUT2D eigenvalue weighted by Gasteiger charge is -2.29. The highest BCUT2D eigenvalue weighted by atomic mass is 14.6. The van der Waals surface area contributed by atoms with Crippen molar-refractivity contribution in [2.75, 3.05) is 0 Å². The van der Waals surface area contributed by atoms with E-state index in [1.54, 1.807) is 0 Å². The van der Waals surface area contributed by atoms with E-state index in [2.05, 4.69) is 39.8 Å². The van der Waals surface area contributed by atoms with E-state index in [1.807, 2.05) is 0 Å². The van der Waals surface area contributed by atoms with Crippen LogP contribution in [0.1, 0.15) is 47.0 Å². The fraction of sp³-hybridized carbons (Fsp3) is 0.846. The second-order valence-electron chi connectivity index (χ2n) is 5.79. The SMILES string of the molecule is CC(C)C12C=CC(C(C)C)(CC1)C2. The highest BCUT2D eigenvalue weighted by Crippen LogP contribution is 2.62. The second kappa shape index (κ2) is 2.62. The third-order valence-electron chi connectivity index (χ3n) is 4.76. The lowest BCUT2D eigenvalue weighted by molar-refractivity contribution is 0.236. The molecule has 0 aliphatic heterocycles. The van der Waals surface area contributed by atoms with Gasteiger partial charge in [-0.25, -0.2) is 0 Å².